The summed E-state index contributed by atoms with van der Waals surface area (Å²) in [5.74, 6) is -0.694. The van der Waals surface area contributed by atoms with Gasteiger partial charge in [-0.2, -0.15) is 21.0 Å². The van der Waals surface area contributed by atoms with Crippen LogP contribution in [0.2, 0.25) is 0 Å². The van der Waals surface area contributed by atoms with Gasteiger partial charge in [-0.05, 0) is 19.4 Å². The molecule has 0 aliphatic rings. The summed E-state index contributed by atoms with van der Waals surface area (Å²) in [5.41, 5.74) is 9.32. The highest BCUT2D eigenvalue weighted by molar-refractivity contribution is 5.27. The minimum absolute atomic E-state index is 0.154. The second-order valence-corrected chi connectivity index (χ2v) is 3.78. The van der Waals surface area contributed by atoms with Gasteiger partial charge < -0.3 is 11.5 Å². The van der Waals surface area contributed by atoms with Crippen molar-refractivity contribution in [2.75, 3.05) is 6.54 Å². The molecular weight excluding hydrogens is 216 g/mol. The van der Waals surface area contributed by atoms with Crippen LogP contribution < -0.4 is 11.5 Å². The van der Waals surface area contributed by atoms with Crippen LogP contribution >= 0.6 is 0 Å². The van der Waals surface area contributed by atoms with Gasteiger partial charge in [0.2, 0.25) is 5.41 Å². The fourth-order valence-electron chi connectivity index (χ4n) is 1.39. The van der Waals surface area contributed by atoms with Gasteiger partial charge in [0, 0.05) is 12.5 Å². The van der Waals surface area contributed by atoms with E-state index in [0.29, 0.717) is 19.4 Å². The lowest BCUT2D eigenvalue weighted by Gasteiger charge is -2.20. The first-order valence-corrected chi connectivity index (χ1v) is 5.18. The summed E-state index contributed by atoms with van der Waals surface area (Å²) < 4.78 is 0. The molecule has 88 valence electrons. The van der Waals surface area contributed by atoms with Gasteiger partial charge in [0.15, 0.2) is 0 Å². The monoisotopic (exact) mass is 230 g/mol. The minimum atomic E-state index is -1.79. The Balaban J connectivity index is 4.74. The number of hydrogen-bond donors (Lipinski definition) is 2. The van der Waals surface area contributed by atoms with Gasteiger partial charge in [0.25, 0.3) is 0 Å². The van der Waals surface area contributed by atoms with Crippen LogP contribution in [0.1, 0.15) is 19.3 Å². The molecule has 0 saturated heterocycles. The highest BCUT2D eigenvalue weighted by Crippen LogP contribution is 2.26. The topological polar surface area (TPSA) is 147 Å². The quantitative estimate of drug-likeness (QED) is 0.663. The molecule has 0 amide bonds. The summed E-state index contributed by atoms with van der Waals surface area (Å²) in [6, 6.07) is 6.39. The van der Waals surface area contributed by atoms with E-state index in [-0.39, 0.29) is 6.42 Å². The van der Waals surface area contributed by atoms with E-state index in [1.54, 1.807) is 18.2 Å². The molecule has 0 saturated carbocycles. The summed E-state index contributed by atoms with van der Waals surface area (Å²) in [7, 11) is 0. The van der Waals surface area contributed by atoms with Gasteiger partial charge in [-0.25, -0.2) is 0 Å². The van der Waals surface area contributed by atoms with E-state index in [4.69, 9.17) is 32.5 Å². The number of nitrogens with zero attached hydrogens (tertiary/aromatic N) is 4. The average molecular weight is 230 g/mol. The summed E-state index contributed by atoms with van der Waals surface area (Å²) >= 11 is 0. The van der Waals surface area contributed by atoms with E-state index >= 15 is 0 Å². The lowest BCUT2D eigenvalue weighted by atomic mass is 9.80. The molecule has 0 aliphatic heterocycles. The summed E-state index contributed by atoms with van der Waals surface area (Å²) in [6.45, 7) is 0.464. The molecule has 0 bridgehead atoms. The molecule has 0 aliphatic carbocycles. The van der Waals surface area contributed by atoms with Crippen LogP contribution in [0.15, 0.2) is 0 Å². The molecule has 0 fully saturated rings. The first-order valence-electron chi connectivity index (χ1n) is 5.18. The van der Waals surface area contributed by atoms with Crippen molar-refractivity contribution in [2.45, 2.75) is 25.3 Å². The van der Waals surface area contributed by atoms with E-state index < -0.39 is 17.4 Å². The highest BCUT2D eigenvalue weighted by Gasteiger charge is 2.35. The molecule has 0 rings (SSSR count). The third-order valence-electron chi connectivity index (χ3n) is 2.52. The Morgan fingerprint density at radius 3 is 1.94 bits per heavy atom. The van der Waals surface area contributed by atoms with Crippen molar-refractivity contribution in [2.24, 2.45) is 22.8 Å². The fourth-order valence-corrected chi connectivity index (χ4v) is 1.39. The summed E-state index contributed by atoms with van der Waals surface area (Å²) in [4.78, 5) is 0. The molecule has 0 heterocycles. The van der Waals surface area contributed by atoms with Gasteiger partial charge in [0.1, 0.15) is 18.2 Å². The first-order chi connectivity index (χ1) is 8.09. The number of nitriles is 4. The standard InChI is InChI=1S/C11H14N6/c12-3-1-2-10(17)9(5-13)4-11(6-14,7-15)8-16/h9-10H,1-4,12,17H2. The molecule has 0 radical (unpaired) electrons. The molecule has 2 unspecified atom stereocenters. The van der Waals surface area contributed by atoms with Crippen LogP contribution in [0.4, 0.5) is 0 Å². The molecule has 0 aromatic heterocycles. The molecular formula is C11H14N6. The number of nitrogens with two attached hydrogens (primary N) is 2. The van der Waals surface area contributed by atoms with Gasteiger partial charge in [-0.3, -0.25) is 0 Å². The van der Waals surface area contributed by atoms with Crippen LogP contribution in [-0.4, -0.2) is 12.6 Å². The second-order valence-electron chi connectivity index (χ2n) is 3.78. The SMILES string of the molecule is N#CC(CC(C#N)(C#N)C#N)C(N)CCCN. The Hall–Kier alpha value is -2.12. The zero-order valence-corrected chi connectivity index (χ0v) is 9.43. The Morgan fingerprint density at radius 1 is 1.06 bits per heavy atom. The van der Waals surface area contributed by atoms with E-state index in [0.717, 1.165) is 0 Å². The lowest BCUT2D eigenvalue weighted by Crippen LogP contribution is -2.33. The van der Waals surface area contributed by atoms with Gasteiger partial charge in [-0.15, -0.1) is 0 Å². The maximum absolute atomic E-state index is 8.96. The smallest absolute Gasteiger partial charge is 0.230 e. The van der Waals surface area contributed by atoms with Crippen molar-refractivity contribution < 1.29 is 0 Å². The van der Waals surface area contributed by atoms with Crippen molar-refractivity contribution in [1.82, 2.24) is 0 Å². The number of rotatable bonds is 6. The molecule has 0 spiro atoms. The number of hydrogen-bond acceptors (Lipinski definition) is 6. The first kappa shape index (κ1) is 14.9. The van der Waals surface area contributed by atoms with Gasteiger partial charge in [0.05, 0.1) is 12.0 Å². The van der Waals surface area contributed by atoms with Crippen molar-refractivity contribution in [3.8, 4) is 24.3 Å². The minimum Gasteiger partial charge on any atom is -0.330 e. The van der Waals surface area contributed by atoms with Crippen molar-refractivity contribution in [1.29, 1.82) is 21.0 Å². The van der Waals surface area contributed by atoms with Gasteiger partial charge >= 0.3 is 0 Å². The van der Waals surface area contributed by atoms with E-state index in [1.165, 1.54) is 0 Å². The van der Waals surface area contributed by atoms with E-state index in [1.807, 2.05) is 6.07 Å². The molecule has 4 N–H and O–H groups in total. The van der Waals surface area contributed by atoms with Crippen LogP contribution in [0.5, 0.6) is 0 Å². The van der Waals surface area contributed by atoms with Gasteiger partial charge in [-0.1, -0.05) is 0 Å². The Morgan fingerprint density at radius 2 is 1.59 bits per heavy atom. The zero-order valence-electron chi connectivity index (χ0n) is 9.43. The second kappa shape index (κ2) is 7.20. The largest absolute Gasteiger partial charge is 0.330 e. The third kappa shape index (κ3) is 4.09. The maximum atomic E-state index is 8.96. The Bertz CT molecular complexity index is 366. The van der Waals surface area contributed by atoms with E-state index in [2.05, 4.69) is 0 Å². The van der Waals surface area contributed by atoms with Crippen molar-refractivity contribution in [3.05, 3.63) is 0 Å². The normalized spacial score (nSPS) is 13.5. The van der Waals surface area contributed by atoms with Crippen LogP contribution in [0.25, 0.3) is 0 Å². The van der Waals surface area contributed by atoms with Crippen LogP contribution in [0.3, 0.4) is 0 Å². The highest BCUT2D eigenvalue weighted by atomic mass is 14.7. The summed E-state index contributed by atoms with van der Waals surface area (Å²) in [6.07, 6.45) is 1.05. The van der Waals surface area contributed by atoms with Crippen molar-refractivity contribution in [3.63, 3.8) is 0 Å². The average Bonchev–Trinajstić information content (AvgIpc) is 2.38. The molecule has 0 aromatic carbocycles. The lowest BCUT2D eigenvalue weighted by molar-refractivity contribution is 0.398. The maximum Gasteiger partial charge on any atom is 0.230 e. The van der Waals surface area contributed by atoms with E-state index in [9.17, 15) is 0 Å². The molecule has 6 heteroatoms. The Labute approximate surface area is 101 Å². The predicted octanol–water partition coefficient (Wildman–Crippen LogP) is 0.140. The fraction of sp³-hybridized carbons (Fsp3) is 0.636. The van der Waals surface area contributed by atoms with Crippen LogP contribution in [0, 0.1) is 56.7 Å². The Kier molecular flexibility index (Phi) is 6.30. The zero-order chi connectivity index (χ0) is 13.3. The third-order valence-corrected chi connectivity index (χ3v) is 2.52. The summed E-state index contributed by atoms with van der Waals surface area (Å²) in [5, 5.41) is 35.4. The van der Waals surface area contributed by atoms with Crippen LogP contribution in [-0.2, 0) is 0 Å². The molecule has 6 nitrogen and oxygen atoms in total. The molecule has 0 aromatic rings. The predicted molar refractivity (Wildman–Crippen MR) is 59.3 cm³/mol. The molecule has 17 heavy (non-hydrogen) atoms. The molecule has 2 atom stereocenters. The van der Waals surface area contributed by atoms with Crippen molar-refractivity contribution >= 4 is 0 Å².